The van der Waals surface area contributed by atoms with Gasteiger partial charge in [-0.15, -0.1) is 0 Å². The first kappa shape index (κ1) is 15.4. The summed E-state index contributed by atoms with van der Waals surface area (Å²) in [5.74, 6) is 2.65. The van der Waals surface area contributed by atoms with Gasteiger partial charge in [0.05, 0.1) is 25.5 Å². The summed E-state index contributed by atoms with van der Waals surface area (Å²) in [7, 11) is 3.43. The molecule has 2 aliphatic rings. The summed E-state index contributed by atoms with van der Waals surface area (Å²) in [6.45, 7) is 2.80. The Morgan fingerprint density at radius 2 is 1.92 bits per heavy atom. The van der Waals surface area contributed by atoms with Gasteiger partial charge in [0, 0.05) is 36.8 Å². The SMILES string of the molecule is COc1cccc(OC)c1CN1[C@@H]2CC[C@@H]1c1cnc(C)nc1C2. The smallest absolute Gasteiger partial charge is 0.127 e. The van der Waals surface area contributed by atoms with E-state index in [0.717, 1.165) is 35.9 Å². The summed E-state index contributed by atoms with van der Waals surface area (Å²) in [5.41, 5.74) is 3.65. The molecule has 0 saturated carbocycles. The number of nitrogens with zero attached hydrogens (tertiary/aromatic N) is 3. The fourth-order valence-electron chi connectivity index (χ4n) is 4.19. The summed E-state index contributed by atoms with van der Waals surface area (Å²) >= 11 is 0. The Morgan fingerprint density at radius 3 is 2.62 bits per heavy atom. The molecule has 4 rings (SSSR count). The number of aromatic nitrogens is 2. The molecule has 2 aromatic rings. The van der Waals surface area contributed by atoms with Crippen LogP contribution in [-0.2, 0) is 13.0 Å². The number of hydrogen-bond acceptors (Lipinski definition) is 5. The number of ether oxygens (including phenoxy) is 2. The van der Waals surface area contributed by atoms with Gasteiger partial charge in [0.2, 0.25) is 0 Å². The van der Waals surface area contributed by atoms with E-state index in [1.54, 1.807) is 14.2 Å². The highest BCUT2D eigenvalue weighted by atomic mass is 16.5. The molecule has 24 heavy (non-hydrogen) atoms. The lowest BCUT2D eigenvalue weighted by Crippen LogP contribution is -2.37. The molecule has 126 valence electrons. The second-order valence-corrected chi connectivity index (χ2v) is 6.58. The molecular weight excluding hydrogens is 302 g/mol. The van der Waals surface area contributed by atoms with Crippen LogP contribution in [0.1, 0.15) is 41.5 Å². The van der Waals surface area contributed by atoms with Crippen molar-refractivity contribution < 1.29 is 9.47 Å². The number of fused-ring (bicyclic) bond motifs is 4. The molecule has 2 bridgehead atoms. The monoisotopic (exact) mass is 325 g/mol. The van der Waals surface area contributed by atoms with Gasteiger partial charge in [0.15, 0.2) is 0 Å². The molecule has 1 saturated heterocycles. The molecule has 5 heteroatoms. The minimum absolute atomic E-state index is 0.397. The summed E-state index contributed by atoms with van der Waals surface area (Å²) in [6, 6.07) is 6.91. The average molecular weight is 325 g/mol. The first-order valence-corrected chi connectivity index (χ1v) is 8.49. The Morgan fingerprint density at radius 1 is 1.17 bits per heavy atom. The maximum atomic E-state index is 5.57. The van der Waals surface area contributed by atoms with Crippen LogP contribution < -0.4 is 9.47 Å². The molecule has 1 aromatic carbocycles. The van der Waals surface area contributed by atoms with E-state index in [4.69, 9.17) is 9.47 Å². The summed E-state index contributed by atoms with van der Waals surface area (Å²) in [4.78, 5) is 11.7. The van der Waals surface area contributed by atoms with Crippen molar-refractivity contribution in [2.75, 3.05) is 14.2 Å². The van der Waals surface area contributed by atoms with Crippen molar-refractivity contribution in [1.29, 1.82) is 0 Å². The zero-order chi connectivity index (χ0) is 16.7. The zero-order valence-corrected chi connectivity index (χ0v) is 14.5. The fourth-order valence-corrected chi connectivity index (χ4v) is 4.19. The topological polar surface area (TPSA) is 47.5 Å². The van der Waals surface area contributed by atoms with Crippen molar-refractivity contribution in [3.63, 3.8) is 0 Å². The lowest BCUT2D eigenvalue weighted by molar-refractivity contribution is 0.162. The van der Waals surface area contributed by atoms with Crippen LogP contribution in [0.25, 0.3) is 0 Å². The van der Waals surface area contributed by atoms with Crippen molar-refractivity contribution >= 4 is 0 Å². The van der Waals surface area contributed by atoms with Crippen LogP contribution in [-0.4, -0.2) is 35.1 Å². The minimum atomic E-state index is 0.397. The van der Waals surface area contributed by atoms with Crippen LogP contribution in [0.4, 0.5) is 0 Å². The van der Waals surface area contributed by atoms with Crippen LogP contribution >= 0.6 is 0 Å². The van der Waals surface area contributed by atoms with Crippen molar-refractivity contribution in [3.8, 4) is 11.5 Å². The lowest BCUT2D eigenvalue weighted by atomic mass is 9.98. The molecule has 5 nitrogen and oxygen atoms in total. The second kappa shape index (κ2) is 6.06. The molecule has 1 fully saturated rings. The Hall–Kier alpha value is -2.14. The first-order valence-electron chi connectivity index (χ1n) is 8.49. The third kappa shape index (κ3) is 2.44. The Bertz CT molecular complexity index is 740. The number of benzene rings is 1. The van der Waals surface area contributed by atoms with Crippen LogP contribution in [0.3, 0.4) is 0 Å². The van der Waals surface area contributed by atoms with Crippen molar-refractivity contribution in [2.24, 2.45) is 0 Å². The molecule has 3 heterocycles. The van der Waals surface area contributed by atoms with E-state index in [0.29, 0.717) is 12.1 Å². The third-order valence-corrected chi connectivity index (χ3v) is 5.32. The van der Waals surface area contributed by atoms with Crippen LogP contribution in [0.15, 0.2) is 24.4 Å². The summed E-state index contributed by atoms with van der Waals surface area (Å²) in [6.07, 6.45) is 5.40. The number of aryl methyl sites for hydroxylation is 1. The first-order chi connectivity index (χ1) is 11.7. The van der Waals surface area contributed by atoms with Crippen molar-refractivity contribution in [3.05, 3.63) is 47.0 Å². The Balaban J connectivity index is 1.69. The van der Waals surface area contributed by atoms with Gasteiger partial charge in [-0.1, -0.05) is 6.07 Å². The van der Waals surface area contributed by atoms with Gasteiger partial charge in [-0.3, -0.25) is 4.90 Å². The lowest BCUT2D eigenvalue weighted by Gasteiger charge is -2.36. The van der Waals surface area contributed by atoms with Gasteiger partial charge in [-0.05, 0) is 31.9 Å². The molecular formula is C19H23N3O2. The largest absolute Gasteiger partial charge is 0.496 e. The molecule has 2 aliphatic heterocycles. The van der Waals surface area contributed by atoms with Gasteiger partial charge < -0.3 is 9.47 Å². The number of hydrogen-bond donors (Lipinski definition) is 0. The quantitative estimate of drug-likeness (QED) is 0.864. The van der Waals surface area contributed by atoms with Crippen LogP contribution in [0, 0.1) is 6.92 Å². The van der Waals surface area contributed by atoms with Gasteiger partial charge in [0.1, 0.15) is 17.3 Å². The van der Waals surface area contributed by atoms with E-state index in [2.05, 4.69) is 14.9 Å². The molecule has 0 N–H and O–H groups in total. The number of methoxy groups -OCH3 is 2. The molecule has 0 aliphatic carbocycles. The molecule has 0 amide bonds. The van der Waals surface area contributed by atoms with Crippen LogP contribution in [0.2, 0.25) is 0 Å². The average Bonchev–Trinajstić information content (AvgIpc) is 2.87. The Kier molecular flexibility index (Phi) is 3.88. The molecule has 0 radical (unpaired) electrons. The molecule has 0 unspecified atom stereocenters. The maximum absolute atomic E-state index is 5.57. The van der Waals surface area contributed by atoms with Gasteiger partial charge in [-0.2, -0.15) is 0 Å². The van der Waals surface area contributed by atoms with Crippen LogP contribution in [0.5, 0.6) is 11.5 Å². The van der Waals surface area contributed by atoms with E-state index in [-0.39, 0.29) is 0 Å². The van der Waals surface area contributed by atoms with Gasteiger partial charge >= 0.3 is 0 Å². The van der Waals surface area contributed by atoms with Crippen molar-refractivity contribution in [1.82, 2.24) is 14.9 Å². The highest BCUT2D eigenvalue weighted by Crippen LogP contribution is 2.45. The minimum Gasteiger partial charge on any atom is -0.496 e. The summed E-state index contributed by atoms with van der Waals surface area (Å²) in [5, 5.41) is 0. The van der Waals surface area contributed by atoms with E-state index >= 15 is 0 Å². The molecule has 1 aromatic heterocycles. The highest BCUT2D eigenvalue weighted by Gasteiger charge is 2.41. The molecule has 2 atom stereocenters. The normalized spacial score (nSPS) is 22.3. The fraction of sp³-hybridized carbons (Fsp3) is 0.474. The van der Waals surface area contributed by atoms with Gasteiger partial charge in [0.25, 0.3) is 0 Å². The Labute approximate surface area is 142 Å². The highest BCUT2D eigenvalue weighted by molar-refractivity contribution is 5.45. The van der Waals surface area contributed by atoms with Crippen molar-refractivity contribution in [2.45, 2.75) is 44.8 Å². The third-order valence-electron chi connectivity index (χ3n) is 5.32. The van der Waals surface area contributed by atoms with E-state index in [1.165, 1.54) is 24.1 Å². The predicted molar refractivity (Wildman–Crippen MR) is 91.3 cm³/mol. The zero-order valence-electron chi connectivity index (χ0n) is 14.5. The van der Waals surface area contributed by atoms with E-state index in [1.807, 2.05) is 31.3 Å². The number of rotatable bonds is 4. The maximum Gasteiger partial charge on any atom is 0.127 e. The summed E-state index contributed by atoms with van der Waals surface area (Å²) < 4.78 is 11.1. The second-order valence-electron chi connectivity index (χ2n) is 6.58. The van der Waals surface area contributed by atoms with E-state index < -0.39 is 0 Å². The predicted octanol–water partition coefficient (Wildman–Crippen LogP) is 3.06. The van der Waals surface area contributed by atoms with Gasteiger partial charge in [-0.25, -0.2) is 9.97 Å². The van der Waals surface area contributed by atoms with E-state index in [9.17, 15) is 0 Å². The molecule has 0 spiro atoms. The standard InChI is InChI=1S/C19H23N3O2/c1-12-20-10-14-16(21-12)9-13-7-8-17(14)22(13)11-15-18(23-2)5-4-6-19(15)24-3/h4-6,10,13,17H,7-9,11H2,1-3H3/t13-,17-/m1/s1.